The van der Waals surface area contributed by atoms with Gasteiger partial charge in [-0.25, -0.2) is 4.98 Å². The van der Waals surface area contributed by atoms with E-state index in [0.717, 1.165) is 18.5 Å². The number of rotatable bonds is 15. The van der Waals surface area contributed by atoms with Gasteiger partial charge in [-0.05, 0) is 75.9 Å². The fraction of sp³-hybridized carbons (Fsp3) is 0.381. The number of hydrogen-bond acceptors (Lipinski definition) is 13. The Hall–Kier alpha value is -5.70. The van der Waals surface area contributed by atoms with Crippen molar-refractivity contribution in [2.75, 3.05) is 62.3 Å². The van der Waals surface area contributed by atoms with Crippen LogP contribution in [-0.2, 0) is 30.2 Å². The summed E-state index contributed by atoms with van der Waals surface area (Å²) in [5, 5.41) is 12.9. The van der Waals surface area contributed by atoms with Crippen LogP contribution in [0, 0.1) is 0 Å². The highest BCUT2D eigenvalue weighted by atomic mass is 35.5. The lowest BCUT2D eigenvalue weighted by molar-refractivity contribution is -0.137. The van der Waals surface area contributed by atoms with E-state index in [2.05, 4.69) is 36.1 Å². The molecule has 3 aliphatic heterocycles. The van der Waals surface area contributed by atoms with Crippen LogP contribution in [0.2, 0.25) is 5.02 Å². The quantitative estimate of drug-likeness (QED) is 0.0693. The molecule has 2 fully saturated rings. The third-order valence-corrected chi connectivity index (χ3v) is 12.6. The molecule has 4 heterocycles. The van der Waals surface area contributed by atoms with E-state index < -0.39 is 25.2 Å². The Morgan fingerprint density at radius 2 is 1.77 bits per heavy atom. The minimum absolute atomic E-state index is 0.0194. The van der Waals surface area contributed by atoms with Crippen LogP contribution in [0.1, 0.15) is 48.5 Å². The molecule has 0 aliphatic carbocycles. The van der Waals surface area contributed by atoms with Gasteiger partial charge in [-0.2, -0.15) is 4.98 Å². The van der Waals surface area contributed by atoms with Crippen molar-refractivity contribution in [1.29, 1.82) is 0 Å². The van der Waals surface area contributed by atoms with E-state index in [4.69, 9.17) is 25.8 Å². The molecule has 2 unspecified atom stereocenters. The third kappa shape index (κ3) is 9.67. The van der Waals surface area contributed by atoms with Gasteiger partial charge in [0.25, 0.3) is 5.91 Å². The highest BCUT2D eigenvalue weighted by Gasteiger charge is 2.40. The number of aromatic nitrogens is 2. The Bertz CT molecular complexity index is 2330. The Morgan fingerprint density at radius 3 is 2.52 bits per heavy atom. The van der Waals surface area contributed by atoms with E-state index >= 15 is 0 Å². The first-order chi connectivity index (χ1) is 28.8. The van der Waals surface area contributed by atoms with Gasteiger partial charge in [0.15, 0.2) is 5.82 Å². The second-order valence-corrected chi connectivity index (χ2v) is 18.8. The summed E-state index contributed by atoms with van der Waals surface area (Å²) >= 11 is 6.45. The summed E-state index contributed by atoms with van der Waals surface area (Å²) in [4.78, 5) is 62.9. The molecule has 4 amide bonds. The van der Waals surface area contributed by atoms with Gasteiger partial charge in [0.1, 0.15) is 42.4 Å². The van der Waals surface area contributed by atoms with Crippen molar-refractivity contribution >= 4 is 76.5 Å². The number of hydrogen-bond donors (Lipinski definition) is 4. The molecule has 3 aromatic carbocycles. The molecule has 0 bridgehead atoms. The standard InChI is InChI=1S/C42H48ClN8O8P/c1-25(58-20-21-59-34-10-7-8-28-29(34)24-51(41(28)55)33-14-15-37(52)48-40(33)54)39(53)45-26-16-18-50(19-17-26)27-12-13-31(35(22-27)57-2)47-42-44-23-30(43)38(49-42)46-32-9-5-6-11-36(32)60(3,4)56/h5-13,22-23,25-26,33H,14-21,24H2,1-4H3,(H,45,53)(H,48,52,54)(H2,44,46,47,49). The number of fused-ring (bicyclic) bond motifs is 1. The van der Waals surface area contributed by atoms with Crippen LogP contribution in [0.15, 0.2) is 66.9 Å². The largest absolute Gasteiger partial charge is 0.494 e. The summed E-state index contributed by atoms with van der Waals surface area (Å²) < 4.78 is 30.4. The van der Waals surface area contributed by atoms with E-state index in [1.807, 2.05) is 42.5 Å². The number of nitrogens with zero attached hydrogens (tertiary/aromatic N) is 4. The maximum absolute atomic E-state index is 13.1. The lowest BCUT2D eigenvalue weighted by atomic mass is 10.0. The number of halogens is 1. The Balaban J connectivity index is 0.867. The van der Waals surface area contributed by atoms with Crippen molar-refractivity contribution in [2.24, 2.45) is 0 Å². The molecule has 1 aromatic heterocycles. The van der Waals surface area contributed by atoms with Crippen molar-refractivity contribution in [3.05, 3.63) is 83.0 Å². The van der Waals surface area contributed by atoms with Crippen molar-refractivity contribution in [3.63, 3.8) is 0 Å². The molecule has 2 atom stereocenters. The SMILES string of the molecule is COc1cc(N2CCC(NC(=O)C(C)OCCOc3cccc4c3CN(C3CCC(=O)NC3=O)C4=O)CC2)ccc1Nc1ncc(Cl)c(Nc2ccccc2P(C)(C)=O)n1. The predicted octanol–water partition coefficient (Wildman–Crippen LogP) is 5.20. The van der Waals surface area contributed by atoms with Gasteiger partial charge in [0.2, 0.25) is 23.7 Å². The molecular weight excluding hydrogens is 811 g/mol. The maximum Gasteiger partial charge on any atom is 0.255 e. The molecule has 316 valence electrons. The second kappa shape index (κ2) is 18.3. The number of ether oxygens (including phenoxy) is 3. The number of piperidine rings is 2. The van der Waals surface area contributed by atoms with Crippen LogP contribution >= 0.6 is 18.7 Å². The first-order valence-corrected chi connectivity index (χ1v) is 22.7. The molecule has 0 saturated carbocycles. The van der Waals surface area contributed by atoms with Gasteiger partial charge in [-0.3, -0.25) is 24.5 Å². The zero-order chi connectivity index (χ0) is 42.6. The number of carbonyl (C=O) groups excluding carboxylic acids is 4. The molecule has 0 spiro atoms. The molecule has 4 aromatic rings. The molecular formula is C42H48ClN8O8P. The normalized spacial score (nSPS) is 17.5. The van der Waals surface area contributed by atoms with Crippen LogP contribution in [0.4, 0.5) is 28.8 Å². The van der Waals surface area contributed by atoms with Gasteiger partial charge in [-0.1, -0.05) is 29.8 Å². The van der Waals surface area contributed by atoms with Crippen molar-refractivity contribution in [2.45, 2.75) is 57.3 Å². The Morgan fingerprint density at radius 1 is 0.983 bits per heavy atom. The summed E-state index contributed by atoms with van der Waals surface area (Å²) in [6.45, 7) is 7.06. The van der Waals surface area contributed by atoms with Crippen molar-refractivity contribution < 1.29 is 38.0 Å². The molecule has 2 saturated heterocycles. The first kappa shape index (κ1) is 42.4. The number of benzene rings is 3. The van der Waals surface area contributed by atoms with E-state index in [0.29, 0.717) is 69.2 Å². The molecule has 4 N–H and O–H groups in total. The van der Waals surface area contributed by atoms with Crippen LogP contribution in [0.3, 0.4) is 0 Å². The van der Waals surface area contributed by atoms with Crippen LogP contribution in [0.5, 0.6) is 11.5 Å². The zero-order valence-electron chi connectivity index (χ0n) is 33.8. The van der Waals surface area contributed by atoms with Crippen molar-refractivity contribution in [3.8, 4) is 11.5 Å². The van der Waals surface area contributed by atoms with Crippen molar-refractivity contribution in [1.82, 2.24) is 25.5 Å². The second-order valence-electron chi connectivity index (χ2n) is 15.2. The summed E-state index contributed by atoms with van der Waals surface area (Å²) in [6.07, 6.45) is 2.72. The number of anilines is 5. The smallest absolute Gasteiger partial charge is 0.255 e. The number of imide groups is 1. The average molecular weight is 859 g/mol. The van der Waals surface area contributed by atoms with Crippen LogP contribution in [0.25, 0.3) is 0 Å². The van der Waals surface area contributed by atoms with E-state index in [-0.39, 0.29) is 56.4 Å². The van der Waals surface area contributed by atoms with E-state index in [1.54, 1.807) is 45.6 Å². The molecule has 0 radical (unpaired) electrons. The minimum Gasteiger partial charge on any atom is -0.494 e. The molecule has 18 heteroatoms. The van der Waals surface area contributed by atoms with Crippen LogP contribution in [-0.4, -0.2) is 103 Å². The summed E-state index contributed by atoms with van der Waals surface area (Å²) in [6, 6.07) is 17.6. The van der Waals surface area contributed by atoms with E-state index in [1.165, 1.54) is 11.1 Å². The monoisotopic (exact) mass is 858 g/mol. The fourth-order valence-electron chi connectivity index (χ4n) is 7.54. The Kier molecular flexibility index (Phi) is 12.9. The maximum atomic E-state index is 13.1. The first-order valence-electron chi connectivity index (χ1n) is 19.7. The Labute approximate surface area is 353 Å². The summed E-state index contributed by atoms with van der Waals surface area (Å²) in [5.41, 5.74) is 3.42. The highest BCUT2D eigenvalue weighted by molar-refractivity contribution is 7.70. The highest BCUT2D eigenvalue weighted by Crippen LogP contribution is 2.39. The molecule has 60 heavy (non-hydrogen) atoms. The topological polar surface area (TPSA) is 193 Å². The summed E-state index contributed by atoms with van der Waals surface area (Å²) in [7, 11) is -0.978. The van der Waals surface area contributed by atoms with Gasteiger partial charge >= 0.3 is 0 Å². The average Bonchev–Trinajstić information content (AvgIpc) is 3.57. The number of methoxy groups -OCH3 is 1. The lowest BCUT2D eigenvalue weighted by Crippen LogP contribution is -2.52. The molecule has 3 aliphatic rings. The van der Waals surface area contributed by atoms with Gasteiger partial charge < -0.3 is 44.5 Å². The van der Waals surface area contributed by atoms with E-state index in [9.17, 15) is 23.7 Å². The number of para-hydroxylation sites is 1. The minimum atomic E-state index is -2.57. The fourth-order valence-corrected chi connectivity index (χ4v) is 8.83. The third-order valence-electron chi connectivity index (χ3n) is 10.7. The predicted molar refractivity (Wildman–Crippen MR) is 229 cm³/mol. The van der Waals surface area contributed by atoms with Gasteiger partial charge in [0.05, 0.1) is 37.8 Å². The zero-order valence-corrected chi connectivity index (χ0v) is 35.5. The molecule has 16 nitrogen and oxygen atoms in total. The number of amides is 4. The van der Waals surface area contributed by atoms with Crippen LogP contribution < -0.4 is 40.9 Å². The van der Waals surface area contributed by atoms with Gasteiger partial charge in [0, 0.05) is 53.7 Å². The number of nitrogens with one attached hydrogen (secondary N) is 4. The summed E-state index contributed by atoms with van der Waals surface area (Å²) in [5.74, 6) is 0.467. The lowest BCUT2D eigenvalue weighted by Gasteiger charge is -2.34. The van der Waals surface area contributed by atoms with Gasteiger partial charge in [-0.15, -0.1) is 0 Å². The number of carbonyl (C=O) groups is 4. The molecule has 7 rings (SSSR count).